The Morgan fingerprint density at radius 1 is 1.16 bits per heavy atom. The van der Waals surface area contributed by atoms with Crippen molar-refractivity contribution in [3.05, 3.63) is 60.1 Å². The van der Waals surface area contributed by atoms with E-state index in [0.29, 0.717) is 30.1 Å². The fourth-order valence-corrected chi connectivity index (χ4v) is 4.17. The Morgan fingerprint density at radius 3 is 2.56 bits per heavy atom. The van der Waals surface area contributed by atoms with Crippen molar-refractivity contribution in [2.75, 3.05) is 0 Å². The first kappa shape index (κ1) is 17.8. The van der Waals surface area contributed by atoms with Crippen LogP contribution in [0.15, 0.2) is 53.1 Å². The van der Waals surface area contributed by atoms with E-state index in [2.05, 4.69) is 37.8 Å². The topological polar surface area (TPSA) is 33.5 Å². The molecule has 1 heterocycles. The summed E-state index contributed by atoms with van der Waals surface area (Å²) in [6, 6.07) is 14.1. The fraction of sp³-hybridized carbons (Fsp3) is 0.500. The SMILES string of the molecule is CC(C)[C@@H]1CC[C@@H](C)C[C@H]1N(Cc1ccccc1)C(=O)c1ccco1. The predicted octanol–water partition coefficient (Wildman–Crippen LogP) is 5.38. The lowest BCUT2D eigenvalue weighted by Crippen LogP contribution is -2.48. The molecule has 25 heavy (non-hydrogen) atoms. The molecular weight excluding hydrogens is 310 g/mol. The molecule has 3 rings (SSSR count). The van der Waals surface area contributed by atoms with Gasteiger partial charge in [-0.25, -0.2) is 0 Å². The average Bonchev–Trinajstić information content (AvgIpc) is 3.14. The van der Waals surface area contributed by atoms with Crippen LogP contribution in [-0.2, 0) is 6.54 Å². The first-order valence-corrected chi connectivity index (χ1v) is 9.44. The lowest BCUT2D eigenvalue weighted by molar-refractivity contribution is 0.0340. The summed E-state index contributed by atoms with van der Waals surface area (Å²) in [6.45, 7) is 7.51. The largest absolute Gasteiger partial charge is 0.459 e. The molecule has 3 atom stereocenters. The second-order valence-electron chi connectivity index (χ2n) is 7.79. The van der Waals surface area contributed by atoms with Crippen LogP contribution in [0, 0.1) is 17.8 Å². The third-order valence-corrected chi connectivity index (χ3v) is 5.58. The van der Waals surface area contributed by atoms with Gasteiger partial charge in [-0.3, -0.25) is 4.79 Å². The maximum absolute atomic E-state index is 13.2. The minimum absolute atomic E-state index is 0.0126. The first-order chi connectivity index (χ1) is 12.1. The molecule has 0 spiro atoms. The van der Waals surface area contributed by atoms with E-state index in [1.807, 2.05) is 18.2 Å². The number of amides is 1. The summed E-state index contributed by atoms with van der Waals surface area (Å²) in [7, 11) is 0. The van der Waals surface area contributed by atoms with Gasteiger partial charge in [0.2, 0.25) is 0 Å². The van der Waals surface area contributed by atoms with Crippen molar-refractivity contribution >= 4 is 5.91 Å². The van der Waals surface area contributed by atoms with Gasteiger partial charge >= 0.3 is 0 Å². The summed E-state index contributed by atoms with van der Waals surface area (Å²) in [5, 5.41) is 0. The summed E-state index contributed by atoms with van der Waals surface area (Å²) >= 11 is 0. The van der Waals surface area contributed by atoms with Gasteiger partial charge in [-0.05, 0) is 48.3 Å². The number of hydrogen-bond donors (Lipinski definition) is 0. The highest BCUT2D eigenvalue weighted by atomic mass is 16.3. The van der Waals surface area contributed by atoms with Crippen LogP contribution < -0.4 is 0 Å². The van der Waals surface area contributed by atoms with E-state index in [0.717, 1.165) is 6.42 Å². The average molecular weight is 339 g/mol. The van der Waals surface area contributed by atoms with Crippen LogP contribution in [0.1, 0.15) is 56.2 Å². The highest BCUT2D eigenvalue weighted by molar-refractivity contribution is 5.91. The molecule has 3 heteroatoms. The van der Waals surface area contributed by atoms with E-state index in [-0.39, 0.29) is 11.9 Å². The van der Waals surface area contributed by atoms with Crippen LogP contribution in [0.2, 0.25) is 0 Å². The van der Waals surface area contributed by atoms with Crippen LogP contribution in [0.5, 0.6) is 0 Å². The molecule has 0 bridgehead atoms. The van der Waals surface area contributed by atoms with Crippen LogP contribution in [0.4, 0.5) is 0 Å². The number of rotatable bonds is 5. The molecule has 1 fully saturated rings. The van der Waals surface area contributed by atoms with Gasteiger partial charge < -0.3 is 9.32 Å². The van der Waals surface area contributed by atoms with Gasteiger partial charge in [0.1, 0.15) is 0 Å². The Morgan fingerprint density at radius 2 is 1.92 bits per heavy atom. The normalized spacial score (nSPS) is 23.6. The number of carbonyl (C=O) groups excluding carboxylic acids is 1. The van der Waals surface area contributed by atoms with E-state index in [1.165, 1.54) is 18.4 Å². The Kier molecular flexibility index (Phi) is 5.62. The highest BCUT2D eigenvalue weighted by Gasteiger charge is 2.37. The summed E-state index contributed by atoms with van der Waals surface area (Å²) in [6.07, 6.45) is 5.10. The zero-order chi connectivity index (χ0) is 17.8. The van der Waals surface area contributed by atoms with Crippen LogP contribution >= 0.6 is 0 Å². The number of benzene rings is 1. The minimum Gasteiger partial charge on any atom is -0.459 e. The molecule has 0 N–H and O–H groups in total. The molecular formula is C22H29NO2. The van der Waals surface area contributed by atoms with Crippen molar-refractivity contribution < 1.29 is 9.21 Å². The van der Waals surface area contributed by atoms with Crippen molar-refractivity contribution in [2.24, 2.45) is 17.8 Å². The van der Waals surface area contributed by atoms with Crippen LogP contribution in [0.25, 0.3) is 0 Å². The van der Waals surface area contributed by atoms with Crippen molar-refractivity contribution in [3.63, 3.8) is 0 Å². The quantitative estimate of drug-likeness (QED) is 0.732. The molecule has 0 saturated heterocycles. The van der Waals surface area contributed by atoms with Gasteiger partial charge in [0, 0.05) is 12.6 Å². The summed E-state index contributed by atoms with van der Waals surface area (Å²) in [5.74, 6) is 2.22. The maximum Gasteiger partial charge on any atom is 0.290 e. The van der Waals surface area contributed by atoms with Crippen molar-refractivity contribution in [2.45, 2.75) is 52.6 Å². The zero-order valence-corrected chi connectivity index (χ0v) is 15.5. The molecule has 0 unspecified atom stereocenters. The summed E-state index contributed by atoms with van der Waals surface area (Å²) in [4.78, 5) is 15.3. The molecule has 1 aromatic heterocycles. The number of nitrogens with zero attached hydrogens (tertiary/aromatic N) is 1. The Bertz CT molecular complexity index is 663. The lowest BCUT2D eigenvalue weighted by atomic mass is 9.73. The van der Waals surface area contributed by atoms with E-state index in [9.17, 15) is 4.79 Å². The molecule has 2 aromatic rings. The van der Waals surface area contributed by atoms with Crippen LogP contribution in [0.3, 0.4) is 0 Å². The standard InChI is InChI=1S/C22H29NO2/c1-16(2)19-12-11-17(3)14-20(19)23(15-18-8-5-4-6-9-18)22(24)21-10-7-13-25-21/h4-10,13,16-17,19-20H,11-12,14-15H2,1-3H3/t17-,19+,20-/m1/s1. The molecule has 0 aliphatic heterocycles. The van der Waals surface area contributed by atoms with Crippen molar-refractivity contribution in [3.8, 4) is 0 Å². The van der Waals surface area contributed by atoms with Crippen molar-refractivity contribution in [1.29, 1.82) is 0 Å². The number of hydrogen-bond acceptors (Lipinski definition) is 2. The Balaban J connectivity index is 1.92. The predicted molar refractivity (Wildman–Crippen MR) is 100 cm³/mol. The molecule has 3 nitrogen and oxygen atoms in total. The van der Waals surface area contributed by atoms with Crippen LogP contribution in [-0.4, -0.2) is 16.8 Å². The Labute approximate surface area is 151 Å². The Hall–Kier alpha value is -2.03. The molecule has 1 aromatic carbocycles. The lowest BCUT2D eigenvalue weighted by Gasteiger charge is -2.43. The number of furan rings is 1. The van der Waals surface area contributed by atoms with E-state index < -0.39 is 0 Å². The minimum atomic E-state index is 0.0126. The summed E-state index contributed by atoms with van der Waals surface area (Å²) in [5.41, 5.74) is 1.17. The molecule has 1 aliphatic carbocycles. The van der Waals surface area contributed by atoms with Gasteiger partial charge in [0.15, 0.2) is 5.76 Å². The monoisotopic (exact) mass is 339 g/mol. The third kappa shape index (κ3) is 4.15. The molecule has 0 radical (unpaired) electrons. The highest BCUT2D eigenvalue weighted by Crippen LogP contribution is 2.37. The molecule has 134 valence electrons. The molecule has 1 saturated carbocycles. The van der Waals surface area contributed by atoms with Gasteiger partial charge in [0.05, 0.1) is 6.26 Å². The van der Waals surface area contributed by atoms with Gasteiger partial charge in [0.25, 0.3) is 5.91 Å². The van der Waals surface area contributed by atoms with Gasteiger partial charge in [-0.15, -0.1) is 0 Å². The zero-order valence-electron chi connectivity index (χ0n) is 15.5. The van der Waals surface area contributed by atoms with E-state index in [4.69, 9.17) is 4.42 Å². The summed E-state index contributed by atoms with van der Waals surface area (Å²) < 4.78 is 5.44. The molecule has 1 aliphatic rings. The van der Waals surface area contributed by atoms with Gasteiger partial charge in [-0.2, -0.15) is 0 Å². The van der Waals surface area contributed by atoms with E-state index >= 15 is 0 Å². The number of carbonyl (C=O) groups is 1. The fourth-order valence-electron chi connectivity index (χ4n) is 4.17. The van der Waals surface area contributed by atoms with Crippen molar-refractivity contribution in [1.82, 2.24) is 4.90 Å². The molecule has 1 amide bonds. The third-order valence-electron chi connectivity index (χ3n) is 5.58. The van der Waals surface area contributed by atoms with E-state index in [1.54, 1.807) is 18.4 Å². The first-order valence-electron chi connectivity index (χ1n) is 9.44. The maximum atomic E-state index is 13.2. The second kappa shape index (κ2) is 7.90. The smallest absolute Gasteiger partial charge is 0.290 e. The second-order valence-corrected chi connectivity index (χ2v) is 7.79. The van der Waals surface area contributed by atoms with Gasteiger partial charge in [-0.1, -0.05) is 57.5 Å².